The lowest BCUT2D eigenvalue weighted by atomic mass is 10.1. The Kier molecular flexibility index (Phi) is 3.57. The summed E-state index contributed by atoms with van der Waals surface area (Å²) in [5.74, 6) is -0.514. The van der Waals surface area contributed by atoms with Gasteiger partial charge in [-0.05, 0) is 12.1 Å². The quantitative estimate of drug-likeness (QED) is 0.767. The summed E-state index contributed by atoms with van der Waals surface area (Å²) in [7, 11) is 1.47. The van der Waals surface area contributed by atoms with Crippen LogP contribution in [0.5, 0.6) is 0 Å². The number of hydrogen-bond acceptors (Lipinski definition) is 2. The smallest absolute Gasteiger partial charge is 0.153 e. The van der Waals surface area contributed by atoms with Crippen LogP contribution < -0.4 is 0 Å². The van der Waals surface area contributed by atoms with Gasteiger partial charge in [0.1, 0.15) is 5.82 Å². The van der Waals surface area contributed by atoms with Gasteiger partial charge in [0.05, 0.1) is 12.2 Å². The average Bonchev–Trinajstić information content (AvgIpc) is 2.11. The van der Waals surface area contributed by atoms with Crippen LogP contribution in [0.1, 0.15) is 15.9 Å². The Morgan fingerprint density at radius 1 is 1.62 bits per heavy atom. The van der Waals surface area contributed by atoms with E-state index in [9.17, 15) is 9.18 Å². The molecule has 1 rings (SSSR count). The summed E-state index contributed by atoms with van der Waals surface area (Å²) < 4.78 is 18.8. The van der Waals surface area contributed by atoms with Crippen LogP contribution in [0.15, 0.2) is 16.6 Å². The number of methoxy groups -OCH3 is 1. The third kappa shape index (κ3) is 2.35. The minimum absolute atomic E-state index is 0.0430. The molecular formula is C9H8BrFO2. The first-order valence-corrected chi connectivity index (χ1v) is 4.40. The summed E-state index contributed by atoms with van der Waals surface area (Å²) in [4.78, 5) is 10.4. The Hall–Kier alpha value is -0.740. The molecule has 70 valence electrons. The molecule has 2 nitrogen and oxygen atoms in total. The molecule has 1 aromatic carbocycles. The first kappa shape index (κ1) is 10.3. The second-order valence-corrected chi connectivity index (χ2v) is 3.43. The van der Waals surface area contributed by atoms with Gasteiger partial charge in [-0.2, -0.15) is 0 Å². The fourth-order valence-corrected chi connectivity index (χ4v) is 1.54. The highest BCUT2D eigenvalue weighted by atomic mass is 79.9. The van der Waals surface area contributed by atoms with E-state index in [0.29, 0.717) is 16.3 Å². The fraction of sp³-hybridized carbons (Fsp3) is 0.222. The molecule has 0 atom stereocenters. The van der Waals surface area contributed by atoms with E-state index in [4.69, 9.17) is 4.74 Å². The molecule has 0 aliphatic heterocycles. The van der Waals surface area contributed by atoms with Crippen LogP contribution in [0.2, 0.25) is 0 Å². The van der Waals surface area contributed by atoms with Crippen LogP contribution in [0.3, 0.4) is 0 Å². The lowest BCUT2D eigenvalue weighted by Crippen LogP contribution is -1.97. The summed E-state index contributed by atoms with van der Waals surface area (Å²) in [5.41, 5.74) is 0.417. The number of halogens is 2. The Balaban J connectivity index is 3.18. The van der Waals surface area contributed by atoms with E-state index in [1.807, 2.05) is 0 Å². The largest absolute Gasteiger partial charge is 0.380 e. The molecule has 0 spiro atoms. The molecular weight excluding hydrogens is 239 g/mol. The van der Waals surface area contributed by atoms with Crippen molar-refractivity contribution in [1.82, 2.24) is 0 Å². The molecule has 0 aromatic heterocycles. The van der Waals surface area contributed by atoms with E-state index in [2.05, 4.69) is 15.9 Å². The average molecular weight is 247 g/mol. The molecule has 13 heavy (non-hydrogen) atoms. The Bertz CT molecular complexity index is 326. The zero-order valence-corrected chi connectivity index (χ0v) is 8.60. The van der Waals surface area contributed by atoms with Gasteiger partial charge in [0.2, 0.25) is 0 Å². The van der Waals surface area contributed by atoms with E-state index in [1.165, 1.54) is 13.2 Å². The third-order valence-electron chi connectivity index (χ3n) is 1.57. The summed E-state index contributed by atoms with van der Waals surface area (Å²) >= 11 is 3.18. The van der Waals surface area contributed by atoms with Crippen molar-refractivity contribution in [3.63, 3.8) is 0 Å². The highest BCUT2D eigenvalue weighted by molar-refractivity contribution is 9.10. The molecule has 0 bridgehead atoms. The number of ether oxygens (including phenoxy) is 1. The van der Waals surface area contributed by atoms with Crippen LogP contribution >= 0.6 is 15.9 Å². The summed E-state index contributed by atoms with van der Waals surface area (Å²) in [6, 6.07) is 3.02. The highest BCUT2D eigenvalue weighted by Crippen LogP contribution is 2.19. The Labute approximate surface area is 83.8 Å². The summed E-state index contributed by atoms with van der Waals surface area (Å²) in [6.45, 7) is 0.159. The van der Waals surface area contributed by atoms with Crippen molar-refractivity contribution in [3.8, 4) is 0 Å². The van der Waals surface area contributed by atoms with Gasteiger partial charge in [-0.25, -0.2) is 4.39 Å². The van der Waals surface area contributed by atoms with E-state index in [-0.39, 0.29) is 12.2 Å². The molecule has 0 unspecified atom stereocenters. The molecule has 0 saturated carbocycles. The first-order valence-electron chi connectivity index (χ1n) is 3.61. The summed E-state index contributed by atoms with van der Waals surface area (Å²) in [5, 5.41) is 0. The molecule has 0 radical (unpaired) electrons. The maximum Gasteiger partial charge on any atom is 0.153 e. The van der Waals surface area contributed by atoms with Gasteiger partial charge in [-0.15, -0.1) is 0 Å². The normalized spacial score (nSPS) is 10.1. The number of rotatable bonds is 3. The van der Waals surface area contributed by atoms with Crippen molar-refractivity contribution in [2.24, 2.45) is 0 Å². The van der Waals surface area contributed by atoms with Gasteiger partial charge in [0.15, 0.2) is 6.29 Å². The van der Waals surface area contributed by atoms with Gasteiger partial charge < -0.3 is 4.74 Å². The predicted octanol–water partition coefficient (Wildman–Crippen LogP) is 2.55. The lowest BCUT2D eigenvalue weighted by Gasteiger charge is -2.04. The molecule has 4 heteroatoms. The molecule has 0 heterocycles. The molecule has 1 aromatic rings. The zero-order valence-electron chi connectivity index (χ0n) is 7.01. The van der Waals surface area contributed by atoms with Gasteiger partial charge in [0.25, 0.3) is 0 Å². The molecule has 0 amide bonds. The minimum atomic E-state index is -0.514. The van der Waals surface area contributed by atoms with Crippen LogP contribution in [0.4, 0.5) is 4.39 Å². The van der Waals surface area contributed by atoms with Crippen molar-refractivity contribution in [3.05, 3.63) is 33.5 Å². The molecule has 0 aliphatic rings. The van der Waals surface area contributed by atoms with Crippen molar-refractivity contribution in [2.75, 3.05) is 7.11 Å². The molecule has 0 N–H and O–H groups in total. The Morgan fingerprint density at radius 3 is 2.85 bits per heavy atom. The third-order valence-corrected chi connectivity index (χ3v) is 2.03. The van der Waals surface area contributed by atoms with Gasteiger partial charge in [0, 0.05) is 17.1 Å². The van der Waals surface area contributed by atoms with Crippen molar-refractivity contribution in [2.45, 2.75) is 6.61 Å². The number of aldehydes is 1. The van der Waals surface area contributed by atoms with Crippen LogP contribution in [0.25, 0.3) is 0 Å². The van der Waals surface area contributed by atoms with E-state index in [0.717, 1.165) is 0 Å². The van der Waals surface area contributed by atoms with Gasteiger partial charge in [-0.1, -0.05) is 15.9 Å². The van der Waals surface area contributed by atoms with Gasteiger partial charge in [-0.3, -0.25) is 4.79 Å². The SMILES string of the molecule is COCc1cc(Br)cc(C=O)c1F. The number of carbonyl (C=O) groups is 1. The summed E-state index contributed by atoms with van der Waals surface area (Å²) in [6.07, 6.45) is 0.485. The Morgan fingerprint density at radius 2 is 2.31 bits per heavy atom. The predicted molar refractivity (Wildman–Crippen MR) is 50.2 cm³/mol. The maximum absolute atomic E-state index is 13.3. The highest BCUT2D eigenvalue weighted by Gasteiger charge is 2.08. The zero-order chi connectivity index (χ0) is 9.84. The second-order valence-electron chi connectivity index (χ2n) is 2.52. The van der Waals surface area contributed by atoms with Crippen LogP contribution in [-0.2, 0) is 11.3 Å². The van der Waals surface area contributed by atoms with Crippen molar-refractivity contribution >= 4 is 22.2 Å². The van der Waals surface area contributed by atoms with Crippen LogP contribution in [0, 0.1) is 5.82 Å². The molecule has 0 saturated heterocycles. The fourth-order valence-electron chi connectivity index (χ4n) is 1.02. The minimum Gasteiger partial charge on any atom is -0.380 e. The molecule has 0 fully saturated rings. The topological polar surface area (TPSA) is 26.3 Å². The molecule has 0 aliphatic carbocycles. The maximum atomic E-state index is 13.3. The second kappa shape index (κ2) is 4.48. The van der Waals surface area contributed by atoms with Crippen molar-refractivity contribution < 1.29 is 13.9 Å². The van der Waals surface area contributed by atoms with E-state index in [1.54, 1.807) is 6.07 Å². The van der Waals surface area contributed by atoms with Crippen molar-refractivity contribution in [1.29, 1.82) is 0 Å². The van der Waals surface area contributed by atoms with E-state index < -0.39 is 5.82 Å². The number of benzene rings is 1. The van der Waals surface area contributed by atoms with E-state index >= 15 is 0 Å². The number of carbonyl (C=O) groups excluding carboxylic acids is 1. The van der Waals surface area contributed by atoms with Crippen LogP contribution in [-0.4, -0.2) is 13.4 Å². The number of hydrogen-bond donors (Lipinski definition) is 0. The standard InChI is InChI=1S/C9H8BrFO2/c1-13-5-7-3-8(10)2-6(4-12)9(7)11/h2-4H,5H2,1H3. The first-order chi connectivity index (χ1) is 6.19. The monoisotopic (exact) mass is 246 g/mol. The van der Waals surface area contributed by atoms with Gasteiger partial charge >= 0.3 is 0 Å². The lowest BCUT2D eigenvalue weighted by molar-refractivity contribution is 0.111.